The first-order valence-corrected chi connectivity index (χ1v) is 6.20. The summed E-state index contributed by atoms with van der Waals surface area (Å²) in [4.78, 5) is 4.49. The van der Waals surface area contributed by atoms with Crippen molar-refractivity contribution in [2.75, 3.05) is 13.2 Å². The standard InChI is InChI=1S/C13H20N2O/c16-10-2-1-8-14-12-7-3-5-11-6-4-9-15-13(11)12/h4,6,9,12,14,16H,1-3,5,7-8,10H2. The number of aromatic nitrogens is 1. The van der Waals surface area contributed by atoms with E-state index in [1.165, 1.54) is 24.1 Å². The fourth-order valence-electron chi connectivity index (χ4n) is 2.32. The zero-order valence-corrected chi connectivity index (χ0v) is 9.65. The van der Waals surface area contributed by atoms with Gasteiger partial charge in [0, 0.05) is 18.8 Å². The smallest absolute Gasteiger partial charge is 0.0605 e. The molecule has 1 atom stereocenters. The van der Waals surface area contributed by atoms with E-state index in [1.807, 2.05) is 12.3 Å². The molecule has 0 spiro atoms. The van der Waals surface area contributed by atoms with E-state index in [9.17, 15) is 0 Å². The molecule has 88 valence electrons. The molecule has 1 heterocycles. The average molecular weight is 220 g/mol. The number of aryl methyl sites for hydroxylation is 1. The van der Waals surface area contributed by atoms with Crippen LogP contribution in [-0.2, 0) is 6.42 Å². The van der Waals surface area contributed by atoms with Crippen molar-refractivity contribution >= 4 is 0 Å². The Balaban J connectivity index is 1.91. The molecule has 0 amide bonds. The van der Waals surface area contributed by atoms with Crippen LogP contribution >= 0.6 is 0 Å². The first-order valence-electron chi connectivity index (χ1n) is 6.20. The second-order valence-electron chi connectivity index (χ2n) is 4.38. The van der Waals surface area contributed by atoms with Crippen molar-refractivity contribution in [3.05, 3.63) is 29.6 Å². The molecule has 1 aromatic heterocycles. The van der Waals surface area contributed by atoms with E-state index < -0.39 is 0 Å². The van der Waals surface area contributed by atoms with Gasteiger partial charge in [-0.15, -0.1) is 0 Å². The molecule has 0 saturated heterocycles. The fraction of sp³-hybridized carbons (Fsp3) is 0.615. The van der Waals surface area contributed by atoms with Gasteiger partial charge in [0.2, 0.25) is 0 Å². The van der Waals surface area contributed by atoms with E-state index in [-0.39, 0.29) is 0 Å². The lowest BCUT2D eigenvalue weighted by Gasteiger charge is -2.25. The number of unbranched alkanes of at least 4 members (excludes halogenated alkanes) is 1. The first-order chi connectivity index (χ1) is 7.92. The Morgan fingerprint density at radius 1 is 1.44 bits per heavy atom. The highest BCUT2D eigenvalue weighted by Crippen LogP contribution is 2.27. The van der Waals surface area contributed by atoms with Gasteiger partial charge in [-0.2, -0.15) is 0 Å². The molecule has 3 nitrogen and oxygen atoms in total. The maximum atomic E-state index is 8.72. The molecule has 1 unspecified atom stereocenters. The van der Waals surface area contributed by atoms with Gasteiger partial charge in [0.15, 0.2) is 0 Å². The predicted octanol–water partition coefficient (Wildman–Crippen LogP) is 1.82. The summed E-state index contributed by atoms with van der Waals surface area (Å²) in [6.45, 7) is 1.27. The van der Waals surface area contributed by atoms with Crippen LogP contribution in [0.2, 0.25) is 0 Å². The third-order valence-electron chi connectivity index (χ3n) is 3.17. The van der Waals surface area contributed by atoms with E-state index in [1.54, 1.807) is 0 Å². The van der Waals surface area contributed by atoms with Crippen LogP contribution in [0.25, 0.3) is 0 Å². The van der Waals surface area contributed by atoms with Gasteiger partial charge in [-0.1, -0.05) is 6.07 Å². The number of pyridine rings is 1. The minimum absolute atomic E-state index is 0.293. The van der Waals surface area contributed by atoms with Crippen molar-refractivity contribution in [1.29, 1.82) is 0 Å². The van der Waals surface area contributed by atoms with Crippen LogP contribution < -0.4 is 5.32 Å². The van der Waals surface area contributed by atoms with Crippen LogP contribution in [0.3, 0.4) is 0 Å². The third-order valence-corrected chi connectivity index (χ3v) is 3.17. The number of rotatable bonds is 5. The normalized spacial score (nSPS) is 19.4. The maximum Gasteiger partial charge on any atom is 0.0605 e. The van der Waals surface area contributed by atoms with Gasteiger partial charge in [-0.25, -0.2) is 0 Å². The van der Waals surface area contributed by atoms with Crippen LogP contribution in [0.4, 0.5) is 0 Å². The quantitative estimate of drug-likeness (QED) is 0.744. The summed E-state index contributed by atoms with van der Waals surface area (Å²) >= 11 is 0. The maximum absolute atomic E-state index is 8.72. The Bertz CT molecular complexity index is 327. The van der Waals surface area contributed by atoms with E-state index in [2.05, 4.69) is 16.4 Å². The van der Waals surface area contributed by atoms with E-state index >= 15 is 0 Å². The van der Waals surface area contributed by atoms with Crippen molar-refractivity contribution in [3.8, 4) is 0 Å². The highest BCUT2D eigenvalue weighted by atomic mass is 16.2. The summed E-state index contributed by atoms with van der Waals surface area (Å²) in [6, 6.07) is 4.63. The minimum Gasteiger partial charge on any atom is -0.396 e. The minimum atomic E-state index is 0.293. The number of aliphatic hydroxyl groups excluding tert-OH is 1. The molecule has 0 aromatic carbocycles. The lowest BCUT2D eigenvalue weighted by atomic mass is 9.92. The van der Waals surface area contributed by atoms with Crippen molar-refractivity contribution in [1.82, 2.24) is 10.3 Å². The SMILES string of the molecule is OCCCCNC1CCCc2cccnc21. The molecule has 2 rings (SSSR count). The summed E-state index contributed by atoms with van der Waals surface area (Å²) < 4.78 is 0. The molecule has 0 aliphatic heterocycles. The summed E-state index contributed by atoms with van der Waals surface area (Å²) in [5.41, 5.74) is 2.63. The number of nitrogens with one attached hydrogen (secondary N) is 1. The molecule has 3 heteroatoms. The van der Waals surface area contributed by atoms with Gasteiger partial charge in [-0.3, -0.25) is 4.98 Å². The Hall–Kier alpha value is -0.930. The number of nitrogens with zero attached hydrogens (tertiary/aromatic N) is 1. The number of hydrogen-bond donors (Lipinski definition) is 2. The fourth-order valence-corrected chi connectivity index (χ4v) is 2.32. The van der Waals surface area contributed by atoms with Gasteiger partial charge < -0.3 is 10.4 Å². The van der Waals surface area contributed by atoms with Crippen LogP contribution in [0.15, 0.2) is 18.3 Å². The zero-order chi connectivity index (χ0) is 11.2. The second kappa shape index (κ2) is 5.97. The number of aliphatic hydroxyl groups is 1. The molecule has 1 aromatic rings. The molecule has 0 radical (unpaired) electrons. The summed E-state index contributed by atoms with van der Waals surface area (Å²) in [5, 5.41) is 12.3. The van der Waals surface area contributed by atoms with Gasteiger partial charge in [0.25, 0.3) is 0 Å². The number of hydrogen-bond acceptors (Lipinski definition) is 3. The van der Waals surface area contributed by atoms with Crippen molar-refractivity contribution in [2.45, 2.75) is 38.1 Å². The first kappa shape index (κ1) is 11.6. The zero-order valence-electron chi connectivity index (χ0n) is 9.65. The van der Waals surface area contributed by atoms with Crippen LogP contribution in [0.1, 0.15) is 43.0 Å². The van der Waals surface area contributed by atoms with Gasteiger partial charge in [0.1, 0.15) is 0 Å². The highest BCUT2D eigenvalue weighted by Gasteiger charge is 2.19. The Morgan fingerprint density at radius 3 is 3.25 bits per heavy atom. The largest absolute Gasteiger partial charge is 0.396 e. The molecular weight excluding hydrogens is 200 g/mol. The molecule has 2 N–H and O–H groups in total. The van der Waals surface area contributed by atoms with E-state index in [4.69, 9.17) is 5.11 Å². The van der Waals surface area contributed by atoms with Gasteiger partial charge in [-0.05, 0) is 50.3 Å². The van der Waals surface area contributed by atoms with Crippen molar-refractivity contribution in [2.24, 2.45) is 0 Å². The Labute approximate surface area is 96.9 Å². The summed E-state index contributed by atoms with van der Waals surface area (Å²) in [5.74, 6) is 0. The lowest BCUT2D eigenvalue weighted by molar-refractivity contribution is 0.282. The average Bonchev–Trinajstić information content (AvgIpc) is 2.35. The van der Waals surface area contributed by atoms with Crippen LogP contribution in [0.5, 0.6) is 0 Å². The van der Waals surface area contributed by atoms with E-state index in [0.717, 1.165) is 25.8 Å². The van der Waals surface area contributed by atoms with Gasteiger partial charge in [0.05, 0.1) is 5.69 Å². The predicted molar refractivity (Wildman–Crippen MR) is 64.2 cm³/mol. The van der Waals surface area contributed by atoms with Crippen LogP contribution in [0, 0.1) is 0 Å². The molecule has 1 aliphatic rings. The third kappa shape index (κ3) is 2.80. The molecule has 16 heavy (non-hydrogen) atoms. The highest BCUT2D eigenvalue weighted by molar-refractivity contribution is 5.25. The molecule has 0 bridgehead atoms. The second-order valence-corrected chi connectivity index (χ2v) is 4.38. The number of fused-ring (bicyclic) bond motifs is 1. The molecule has 0 saturated carbocycles. The summed E-state index contributed by atoms with van der Waals surface area (Å²) in [7, 11) is 0. The van der Waals surface area contributed by atoms with E-state index in [0.29, 0.717) is 12.6 Å². The molecular formula is C13H20N2O. The topological polar surface area (TPSA) is 45.1 Å². The Kier molecular flexibility index (Phi) is 4.31. The van der Waals surface area contributed by atoms with Crippen LogP contribution in [-0.4, -0.2) is 23.2 Å². The summed E-state index contributed by atoms with van der Waals surface area (Å²) in [6.07, 6.45) is 7.40. The molecule has 0 fully saturated rings. The monoisotopic (exact) mass is 220 g/mol. The lowest BCUT2D eigenvalue weighted by Crippen LogP contribution is -2.27. The van der Waals surface area contributed by atoms with Gasteiger partial charge >= 0.3 is 0 Å². The Morgan fingerprint density at radius 2 is 2.38 bits per heavy atom. The molecule has 1 aliphatic carbocycles. The van der Waals surface area contributed by atoms with Crippen molar-refractivity contribution in [3.63, 3.8) is 0 Å². The van der Waals surface area contributed by atoms with Crippen molar-refractivity contribution < 1.29 is 5.11 Å².